The van der Waals surface area contributed by atoms with E-state index in [4.69, 9.17) is 18.9 Å². The van der Waals surface area contributed by atoms with E-state index < -0.39 is 17.9 Å². The first-order valence-electron chi connectivity index (χ1n) is 13.0. The highest BCUT2D eigenvalue weighted by atomic mass is 16.7. The van der Waals surface area contributed by atoms with Gasteiger partial charge >= 0.3 is 11.9 Å². The molecule has 0 bridgehead atoms. The average Bonchev–Trinajstić information content (AvgIpc) is 3.19. The summed E-state index contributed by atoms with van der Waals surface area (Å²) in [4.78, 5) is 24.3. The predicted octanol–water partition coefficient (Wildman–Crippen LogP) is 6.78. The summed E-state index contributed by atoms with van der Waals surface area (Å²) < 4.78 is 22.9. The number of esters is 2. The van der Waals surface area contributed by atoms with Gasteiger partial charge in [0.2, 0.25) is 0 Å². The topological polar surface area (TPSA) is 71.1 Å². The Hall–Kier alpha value is -2.70. The van der Waals surface area contributed by atoms with Crippen molar-refractivity contribution in [2.75, 3.05) is 13.7 Å². The zero-order chi connectivity index (χ0) is 27.9. The maximum Gasteiger partial charge on any atom is 0.341 e. The lowest BCUT2D eigenvalue weighted by atomic mass is 9.91. The Bertz CT molecular complexity index is 1040. The van der Waals surface area contributed by atoms with E-state index in [9.17, 15) is 9.59 Å². The van der Waals surface area contributed by atoms with E-state index in [0.29, 0.717) is 12.8 Å². The van der Waals surface area contributed by atoms with Gasteiger partial charge in [0, 0.05) is 18.9 Å². The first-order chi connectivity index (χ1) is 17.3. The zero-order valence-electron chi connectivity index (χ0n) is 24.0. The lowest BCUT2D eigenvalue weighted by molar-refractivity contribution is -0.169. The fourth-order valence-electron chi connectivity index (χ4n) is 5.29. The largest absolute Gasteiger partial charge is 0.467 e. The van der Waals surface area contributed by atoms with Gasteiger partial charge in [-0.25, -0.2) is 4.79 Å². The molecule has 0 N–H and O–H groups in total. The van der Waals surface area contributed by atoms with Crippen LogP contribution < -0.4 is 0 Å². The van der Waals surface area contributed by atoms with Crippen molar-refractivity contribution in [2.45, 2.75) is 92.6 Å². The van der Waals surface area contributed by atoms with Crippen LogP contribution in [-0.4, -0.2) is 37.4 Å². The number of aryl methyl sites for hydroxylation is 3. The summed E-state index contributed by atoms with van der Waals surface area (Å²) in [7, 11) is 1.38. The molecule has 1 heterocycles. The third-order valence-corrected chi connectivity index (χ3v) is 6.67. The second-order valence-electron chi connectivity index (χ2n) is 10.5. The minimum Gasteiger partial charge on any atom is -0.467 e. The Kier molecular flexibility index (Phi) is 10.9. The van der Waals surface area contributed by atoms with Crippen molar-refractivity contribution in [3.63, 3.8) is 0 Å². The number of carbonyl (C=O) groups excluding carboxylic acids is 2. The van der Waals surface area contributed by atoms with Crippen molar-refractivity contribution in [1.82, 2.24) is 0 Å². The lowest BCUT2D eigenvalue weighted by Crippen LogP contribution is -2.42. The Morgan fingerprint density at radius 2 is 1.81 bits per heavy atom. The van der Waals surface area contributed by atoms with Gasteiger partial charge in [0.1, 0.15) is 6.10 Å². The first kappa shape index (κ1) is 30.5. The SMILES string of the molecule is C=C(/C=C(\C)[C@H](CC)OC(C)=O)C[C@H](C)/C=C(\C)C[C@@]1(C(=O)OC)CO[C@@H](c2c(C)cc(C)cc2C)O1. The predicted molar refractivity (Wildman–Crippen MR) is 146 cm³/mol. The van der Waals surface area contributed by atoms with Crippen LogP contribution in [0.15, 0.2) is 47.6 Å². The van der Waals surface area contributed by atoms with E-state index in [-0.39, 0.29) is 24.6 Å². The number of hydrogen-bond donors (Lipinski definition) is 0. The van der Waals surface area contributed by atoms with Crippen molar-refractivity contribution < 1.29 is 28.5 Å². The number of allylic oxidation sites excluding steroid dienone is 3. The maximum atomic E-state index is 12.9. The number of hydrogen-bond acceptors (Lipinski definition) is 6. The Labute approximate surface area is 222 Å². The number of benzene rings is 1. The van der Waals surface area contributed by atoms with E-state index in [1.807, 2.05) is 40.7 Å². The molecule has 0 aliphatic carbocycles. The molecule has 1 fully saturated rings. The van der Waals surface area contributed by atoms with Crippen molar-refractivity contribution in [3.05, 3.63) is 69.8 Å². The highest BCUT2D eigenvalue weighted by Crippen LogP contribution is 2.40. The molecule has 0 saturated carbocycles. The lowest BCUT2D eigenvalue weighted by Gasteiger charge is -2.26. The highest BCUT2D eigenvalue weighted by molar-refractivity contribution is 5.80. The molecule has 37 heavy (non-hydrogen) atoms. The summed E-state index contributed by atoms with van der Waals surface area (Å²) in [5.74, 6) is -0.540. The van der Waals surface area contributed by atoms with Crippen LogP contribution in [0.4, 0.5) is 0 Å². The summed E-state index contributed by atoms with van der Waals surface area (Å²) in [6.45, 7) is 19.9. The molecule has 1 aromatic carbocycles. The minimum absolute atomic E-state index is 0.125. The molecule has 0 radical (unpaired) electrons. The number of carbonyl (C=O) groups is 2. The summed E-state index contributed by atoms with van der Waals surface area (Å²) in [5, 5.41) is 0. The molecule has 0 unspecified atom stereocenters. The smallest absolute Gasteiger partial charge is 0.341 e. The van der Waals surface area contributed by atoms with E-state index in [1.165, 1.54) is 19.6 Å². The number of ether oxygens (including phenoxy) is 4. The normalized spacial score (nSPS) is 21.9. The molecule has 6 nitrogen and oxygen atoms in total. The van der Waals surface area contributed by atoms with Gasteiger partial charge in [0.25, 0.3) is 0 Å². The summed E-state index contributed by atoms with van der Waals surface area (Å²) >= 11 is 0. The van der Waals surface area contributed by atoms with Crippen molar-refractivity contribution in [3.8, 4) is 0 Å². The standard InChI is InChI=1S/C31H44O6/c1-11-27(36-26(9)32)23(6)14-20(3)12-19(2)13-22(5)17-31(30(33)34-10)18-35-29(37-31)28-24(7)15-21(4)16-25(28)8/h13-16,19,27,29H,3,11-12,17-18H2,1-2,4-10H3/b22-13+,23-14+/t19-,27-,29+,31-/m0/s1. The molecule has 0 spiro atoms. The van der Waals surface area contributed by atoms with Crippen LogP contribution >= 0.6 is 0 Å². The van der Waals surface area contributed by atoms with Crippen molar-refractivity contribution in [2.24, 2.45) is 5.92 Å². The van der Waals surface area contributed by atoms with E-state index in [2.05, 4.69) is 38.6 Å². The van der Waals surface area contributed by atoms with Gasteiger partial charge in [-0.3, -0.25) is 4.79 Å². The van der Waals surface area contributed by atoms with Crippen LogP contribution in [0.2, 0.25) is 0 Å². The molecule has 1 saturated heterocycles. The van der Waals surface area contributed by atoms with Gasteiger partial charge in [-0.15, -0.1) is 0 Å². The van der Waals surface area contributed by atoms with Crippen molar-refractivity contribution in [1.29, 1.82) is 0 Å². The van der Waals surface area contributed by atoms with Crippen molar-refractivity contribution >= 4 is 11.9 Å². The minimum atomic E-state index is -1.20. The molecular formula is C31H44O6. The molecule has 1 aromatic rings. The van der Waals surface area contributed by atoms with Crippen LogP contribution in [0.5, 0.6) is 0 Å². The summed E-state index contributed by atoms with van der Waals surface area (Å²) in [6.07, 6.45) is 5.09. The van der Waals surface area contributed by atoms with Gasteiger partial charge in [0.15, 0.2) is 11.9 Å². The molecule has 204 valence electrons. The molecule has 4 atom stereocenters. The summed E-state index contributed by atoms with van der Waals surface area (Å²) in [6, 6.07) is 4.19. The van der Waals surface area contributed by atoms with E-state index in [0.717, 1.165) is 39.8 Å². The molecule has 1 aliphatic rings. The highest BCUT2D eigenvalue weighted by Gasteiger charge is 2.50. The van der Waals surface area contributed by atoms with Crippen LogP contribution in [0.1, 0.15) is 82.4 Å². The second kappa shape index (κ2) is 13.2. The van der Waals surface area contributed by atoms with E-state index >= 15 is 0 Å². The fraction of sp³-hybridized carbons (Fsp3) is 0.548. The van der Waals surface area contributed by atoms with Crippen LogP contribution in [-0.2, 0) is 28.5 Å². The summed E-state index contributed by atoms with van der Waals surface area (Å²) in [5.41, 5.74) is 6.03. The molecule has 1 aliphatic heterocycles. The van der Waals surface area contributed by atoms with Crippen LogP contribution in [0, 0.1) is 26.7 Å². The second-order valence-corrected chi connectivity index (χ2v) is 10.5. The number of rotatable bonds is 11. The molecule has 0 aromatic heterocycles. The average molecular weight is 513 g/mol. The molecule has 0 amide bonds. The first-order valence-corrected chi connectivity index (χ1v) is 13.0. The third kappa shape index (κ3) is 8.14. The van der Waals surface area contributed by atoms with Gasteiger partial charge < -0.3 is 18.9 Å². The van der Waals surface area contributed by atoms with Gasteiger partial charge in [-0.05, 0) is 70.1 Å². The van der Waals surface area contributed by atoms with Crippen LogP contribution in [0.25, 0.3) is 0 Å². The third-order valence-electron chi connectivity index (χ3n) is 6.67. The fourth-order valence-corrected chi connectivity index (χ4v) is 5.29. The Morgan fingerprint density at radius 1 is 1.19 bits per heavy atom. The van der Waals surface area contributed by atoms with E-state index in [1.54, 1.807) is 0 Å². The Morgan fingerprint density at radius 3 is 2.35 bits per heavy atom. The van der Waals surface area contributed by atoms with Gasteiger partial charge in [0.05, 0.1) is 13.7 Å². The molecule has 6 heteroatoms. The van der Waals surface area contributed by atoms with Gasteiger partial charge in [-0.1, -0.05) is 61.4 Å². The maximum absolute atomic E-state index is 12.9. The quantitative estimate of drug-likeness (QED) is 0.185. The van der Waals surface area contributed by atoms with Crippen LogP contribution in [0.3, 0.4) is 0 Å². The molecular weight excluding hydrogens is 468 g/mol. The monoisotopic (exact) mass is 512 g/mol. The Balaban J connectivity index is 2.14. The number of methoxy groups -OCH3 is 1. The zero-order valence-corrected chi connectivity index (χ0v) is 24.0. The van der Waals surface area contributed by atoms with Gasteiger partial charge in [-0.2, -0.15) is 0 Å². The molecule has 2 rings (SSSR count).